The first-order valence-corrected chi connectivity index (χ1v) is 9.97. The topological polar surface area (TPSA) is 83.9 Å². The van der Waals surface area contributed by atoms with Gasteiger partial charge in [-0.3, -0.25) is 9.59 Å². The molecule has 2 aromatic rings. The average Bonchev–Trinajstić information content (AvgIpc) is 2.94. The minimum absolute atomic E-state index is 0.259. The number of hydrogen-bond acceptors (Lipinski definition) is 5. The van der Waals surface area contributed by atoms with Crippen molar-refractivity contribution in [3.05, 3.63) is 64.1 Å². The molecule has 1 aliphatic rings. The molecule has 7 heteroatoms. The Bertz CT molecular complexity index is 1010. The van der Waals surface area contributed by atoms with Gasteiger partial charge in [-0.25, -0.2) is 9.69 Å². The number of ether oxygens (including phenoxy) is 1. The second-order valence-electron chi connectivity index (χ2n) is 6.70. The van der Waals surface area contributed by atoms with Crippen molar-refractivity contribution in [1.82, 2.24) is 0 Å². The second-order valence-corrected chi connectivity index (χ2v) is 7.69. The minimum Gasteiger partial charge on any atom is -0.479 e. The van der Waals surface area contributed by atoms with E-state index in [1.165, 1.54) is 4.90 Å². The predicted molar refractivity (Wildman–Crippen MR) is 113 cm³/mol. The van der Waals surface area contributed by atoms with Crippen LogP contribution in [0.5, 0.6) is 5.75 Å². The highest BCUT2D eigenvalue weighted by Gasteiger charge is 2.37. The number of amides is 2. The Morgan fingerprint density at radius 3 is 2.59 bits per heavy atom. The van der Waals surface area contributed by atoms with Crippen LogP contribution in [-0.4, -0.2) is 28.3 Å². The van der Waals surface area contributed by atoms with E-state index in [0.717, 1.165) is 22.9 Å². The Balaban J connectivity index is 1.93. The van der Waals surface area contributed by atoms with Crippen LogP contribution in [0.15, 0.2) is 47.4 Å². The number of carboxylic acid groups (broad SMARTS) is 1. The number of imide groups is 1. The molecule has 6 nitrogen and oxygen atoms in total. The lowest BCUT2D eigenvalue weighted by molar-refractivity contribution is -0.145. The first-order valence-electron chi connectivity index (χ1n) is 9.15. The molecule has 1 unspecified atom stereocenters. The number of aryl methyl sites for hydroxylation is 2. The summed E-state index contributed by atoms with van der Waals surface area (Å²) in [6, 6.07) is 12.4. The van der Waals surface area contributed by atoms with E-state index in [1.54, 1.807) is 43.3 Å². The van der Waals surface area contributed by atoms with Crippen LogP contribution in [0, 0.1) is 13.8 Å². The van der Waals surface area contributed by atoms with Gasteiger partial charge in [0.15, 0.2) is 6.10 Å². The Hall–Kier alpha value is -3.06. The van der Waals surface area contributed by atoms with Crippen molar-refractivity contribution in [3.63, 3.8) is 0 Å². The molecule has 0 spiro atoms. The van der Waals surface area contributed by atoms with E-state index in [-0.39, 0.29) is 10.1 Å². The summed E-state index contributed by atoms with van der Waals surface area (Å²) in [6.45, 7) is 5.52. The van der Waals surface area contributed by atoms with E-state index < -0.39 is 18.0 Å². The molecule has 2 amide bonds. The van der Waals surface area contributed by atoms with Crippen LogP contribution in [0.1, 0.15) is 30.0 Å². The number of benzene rings is 2. The monoisotopic (exact) mass is 411 g/mol. The molecule has 0 radical (unpaired) electrons. The normalized spacial score (nSPS) is 16.4. The van der Waals surface area contributed by atoms with Crippen molar-refractivity contribution in [2.24, 2.45) is 0 Å². The van der Waals surface area contributed by atoms with E-state index >= 15 is 0 Å². The molecule has 3 rings (SSSR count). The maximum absolute atomic E-state index is 12.9. The largest absolute Gasteiger partial charge is 0.479 e. The summed E-state index contributed by atoms with van der Waals surface area (Å²) in [5.41, 5.74) is 2.98. The van der Waals surface area contributed by atoms with E-state index in [4.69, 9.17) is 4.74 Å². The molecule has 0 bridgehead atoms. The minimum atomic E-state index is -1.06. The van der Waals surface area contributed by atoms with Gasteiger partial charge in [-0.05, 0) is 55.8 Å². The molecular formula is C22H21NO5S. The van der Waals surface area contributed by atoms with Gasteiger partial charge in [-0.1, -0.05) is 42.8 Å². The number of nitrogens with zero attached hydrogens (tertiary/aromatic N) is 1. The van der Waals surface area contributed by atoms with Gasteiger partial charge in [0.25, 0.3) is 11.1 Å². The second kappa shape index (κ2) is 8.53. The highest BCUT2D eigenvalue weighted by molar-refractivity contribution is 8.19. The van der Waals surface area contributed by atoms with Gasteiger partial charge in [0.2, 0.25) is 0 Å². The number of carboxylic acids is 1. The number of rotatable bonds is 6. The first kappa shape index (κ1) is 20.7. The van der Waals surface area contributed by atoms with Crippen LogP contribution in [0.3, 0.4) is 0 Å². The summed E-state index contributed by atoms with van der Waals surface area (Å²) in [5.74, 6) is -1.12. The van der Waals surface area contributed by atoms with Crippen molar-refractivity contribution in [1.29, 1.82) is 0 Å². The zero-order valence-electron chi connectivity index (χ0n) is 16.3. The van der Waals surface area contributed by atoms with Gasteiger partial charge in [0.05, 0.1) is 10.6 Å². The summed E-state index contributed by atoms with van der Waals surface area (Å²) < 4.78 is 5.61. The smallest absolute Gasteiger partial charge is 0.344 e. The molecule has 1 N–H and O–H groups in total. The third-order valence-electron chi connectivity index (χ3n) is 4.51. The molecule has 0 saturated carbocycles. The number of hydrogen-bond donors (Lipinski definition) is 1. The van der Waals surface area contributed by atoms with Crippen molar-refractivity contribution < 1.29 is 24.2 Å². The maximum Gasteiger partial charge on any atom is 0.344 e. The lowest BCUT2D eigenvalue weighted by atomic mass is 10.1. The molecule has 1 aliphatic heterocycles. The van der Waals surface area contributed by atoms with Crippen LogP contribution in [-0.2, 0) is 9.59 Å². The quantitative estimate of drug-likeness (QED) is 0.688. The number of thioether (sulfide) groups is 1. The van der Waals surface area contributed by atoms with Crippen LogP contribution >= 0.6 is 11.8 Å². The molecule has 29 heavy (non-hydrogen) atoms. The summed E-state index contributed by atoms with van der Waals surface area (Å²) in [6.07, 6.45) is 0.875. The van der Waals surface area contributed by atoms with Gasteiger partial charge in [0, 0.05) is 5.56 Å². The first-order chi connectivity index (χ1) is 13.8. The fraction of sp³-hybridized carbons (Fsp3) is 0.227. The van der Waals surface area contributed by atoms with Crippen molar-refractivity contribution in [2.45, 2.75) is 33.3 Å². The lowest BCUT2D eigenvalue weighted by Crippen LogP contribution is -2.28. The van der Waals surface area contributed by atoms with E-state index in [2.05, 4.69) is 0 Å². The Kier molecular flexibility index (Phi) is 6.08. The molecule has 0 aromatic heterocycles. The average molecular weight is 411 g/mol. The van der Waals surface area contributed by atoms with Crippen LogP contribution in [0.25, 0.3) is 6.08 Å². The van der Waals surface area contributed by atoms with Gasteiger partial charge >= 0.3 is 5.97 Å². The SMILES string of the molecule is CCC(Oc1ccccc1/C=C1/SC(=O)N(c2ccc(C)cc2C)C1=O)C(=O)O. The fourth-order valence-electron chi connectivity index (χ4n) is 3.04. The Morgan fingerprint density at radius 1 is 1.21 bits per heavy atom. The molecular weight excluding hydrogens is 390 g/mol. The van der Waals surface area contributed by atoms with Crippen LogP contribution in [0.4, 0.5) is 10.5 Å². The van der Waals surface area contributed by atoms with Crippen molar-refractivity contribution in [2.75, 3.05) is 4.90 Å². The van der Waals surface area contributed by atoms with Crippen LogP contribution < -0.4 is 9.64 Å². The van der Waals surface area contributed by atoms with E-state index in [0.29, 0.717) is 23.4 Å². The van der Waals surface area contributed by atoms with Gasteiger partial charge in [-0.2, -0.15) is 0 Å². The zero-order chi connectivity index (χ0) is 21.1. The number of anilines is 1. The summed E-state index contributed by atoms with van der Waals surface area (Å²) >= 11 is 0.851. The van der Waals surface area contributed by atoms with Gasteiger partial charge in [-0.15, -0.1) is 0 Å². The fourth-order valence-corrected chi connectivity index (χ4v) is 3.87. The number of carbonyl (C=O) groups is 3. The van der Waals surface area contributed by atoms with E-state index in [9.17, 15) is 19.5 Å². The number of para-hydroxylation sites is 1. The van der Waals surface area contributed by atoms with Crippen molar-refractivity contribution in [3.8, 4) is 5.75 Å². The molecule has 2 aromatic carbocycles. The van der Waals surface area contributed by atoms with Gasteiger partial charge in [0.1, 0.15) is 5.75 Å². The molecule has 1 heterocycles. The molecule has 0 aliphatic carbocycles. The summed E-state index contributed by atoms with van der Waals surface area (Å²) in [7, 11) is 0. The predicted octanol–water partition coefficient (Wildman–Crippen LogP) is 4.79. The summed E-state index contributed by atoms with van der Waals surface area (Å²) in [5, 5.41) is 8.87. The summed E-state index contributed by atoms with van der Waals surface area (Å²) in [4.78, 5) is 38.2. The lowest BCUT2D eigenvalue weighted by Gasteiger charge is -2.16. The zero-order valence-corrected chi connectivity index (χ0v) is 17.2. The third kappa shape index (κ3) is 4.35. The highest BCUT2D eigenvalue weighted by Crippen LogP contribution is 2.38. The Morgan fingerprint density at radius 2 is 1.93 bits per heavy atom. The third-order valence-corrected chi connectivity index (χ3v) is 5.38. The molecule has 1 saturated heterocycles. The molecule has 150 valence electrons. The van der Waals surface area contributed by atoms with Crippen molar-refractivity contribution >= 4 is 40.6 Å². The van der Waals surface area contributed by atoms with Crippen LogP contribution in [0.2, 0.25) is 0 Å². The molecule has 1 fully saturated rings. The molecule has 1 atom stereocenters. The number of aliphatic carboxylic acids is 1. The highest BCUT2D eigenvalue weighted by atomic mass is 32.2. The number of carbonyl (C=O) groups excluding carboxylic acids is 2. The van der Waals surface area contributed by atoms with Gasteiger partial charge < -0.3 is 9.84 Å². The Labute approximate surface area is 173 Å². The maximum atomic E-state index is 12.9. The standard InChI is InChI=1S/C22H21NO5S/c1-4-17(21(25)26)28-18-8-6-5-7-15(18)12-19-20(24)23(22(27)29-19)16-10-9-13(2)11-14(16)3/h5-12,17H,4H2,1-3H3,(H,25,26)/b19-12+. The van der Waals surface area contributed by atoms with E-state index in [1.807, 2.05) is 26.0 Å².